The fraction of sp³-hybridized carbons (Fsp3) is 0.150. The summed E-state index contributed by atoms with van der Waals surface area (Å²) in [6.07, 6.45) is 1.55. The highest BCUT2D eigenvalue weighted by atomic mass is 35.5. The van der Waals surface area contributed by atoms with Crippen LogP contribution in [-0.2, 0) is 6.61 Å². The van der Waals surface area contributed by atoms with Crippen LogP contribution in [0.3, 0.4) is 0 Å². The molecule has 8 nitrogen and oxygen atoms in total. The molecule has 0 aliphatic heterocycles. The molecule has 0 fully saturated rings. The number of carbonyl (C=O) groups excluding carboxylic acids is 2. The standard InChI is InChI=1S/C20H19ClN4O4/c1-25(2)20(28)24-16-4-3-12(8-15(16)21)29-18-5-6-23-17-7-11(10-26)13(19(22)27)9-14(17)18/h3-9,26H,10H2,1-2H3,(H2,22,27)(H,24,28). The number of amides is 3. The number of urea groups is 1. The molecule has 0 aliphatic rings. The van der Waals surface area contributed by atoms with Crippen molar-refractivity contribution in [2.45, 2.75) is 6.61 Å². The third-order valence-corrected chi connectivity index (χ3v) is 4.49. The van der Waals surface area contributed by atoms with Crippen LogP contribution in [0.5, 0.6) is 11.5 Å². The lowest BCUT2D eigenvalue weighted by atomic mass is 10.0. The number of primary amides is 1. The lowest BCUT2D eigenvalue weighted by molar-refractivity contribution is 0.0997. The number of hydrogen-bond donors (Lipinski definition) is 3. The number of hydrogen-bond acceptors (Lipinski definition) is 5. The first kappa shape index (κ1) is 20.4. The number of nitrogens with zero attached hydrogens (tertiary/aromatic N) is 2. The van der Waals surface area contributed by atoms with Crippen LogP contribution in [0.2, 0.25) is 5.02 Å². The molecule has 3 amide bonds. The zero-order chi connectivity index (χ0) is 21.1. The Bertz CT molecular complexity index is 1100. The van der Waals surface area contributed by atoms with Crippen LogP contribution < -0.4 is 15.8 Å². The highest BCUT2D eigenvalue weighted by Crippen LogP contribution is 2.34. The first-order chi connectivity index (χ1) is 13.8. The molecule has 3 aromatic rings. The molecule has 3 rings (SSSR count). The van der Waals surface area contributed by atoms with Gasteiger partial charge in [-0.15, -0.1) is 0 Å². The van der Waals surface area contributed by atoms with Crippen molar-refractivity contribution in [3.05, 3.63) is 58.7 Å². The maximum Gasteiger partial charge on any atom is 0.321 e. The molecule has 0 saturated carbocycles. The molecule has 9 heteroatoms. The average molecular weight is 415 g/mol. The second-order valence-corrected chi connectivity index (χ2v) is 6.83. The number of ether oxygens (including phenoxy) is 1. The number of carbonyl (C=O) groups is 2. The van der Waals surface area contributed by atoms with E-state index in [1.807, 2.05) is 0 Å². The Hall–Kier alpha value is -3.36. The molecule has 1 heterocycles. The molecule has 4 N–H and O–H groups in total. The predicted molar refractivity (Wildman–Crippen MR) is 110 cm³/mol. The number of aliphatic hydroxyl groups excluding tert-OH is 1. The molecular formula is C20H19ClN4O4. The van der Waals surface area contributed by atoms with Gasteiger partial charge in [-0.3, -0.25) is 9.78 Å². The SMILES string of the molecule is CN(C)C(=O)Nc1ccc(Oc2ccnc3cc(CO)c(C(N)=O)cc23)cc1Cl. The minimum atomic E-state index is -0.658. The maximum atomic E-state index is 11.8. The van der Waals surface area contributed by atoms with Gasteiger partial charge in [0.1, 0.15) is 11.5 Å². The Morgan fingerprint density at radius 3 is 2.62 bits per heavy atom. The number of nitrogens with two attached hydrogens (primary N) is 1. The predicted octanol–water partition coefficient (Wildman–Crippen LogP) is 3.37. The molecule has 0 aliphatic carbocycles. The average Bonchev–Trinajstić information content (AvgIpc) is 2.69. The summed E-state index contributed by atoms with van der Waals surface area (Å²) in [5.41, 5.74) is 6.98. The van der Waals surface area contributed by atoms with Crippen molar-refractivity contribution in [3.63, 3.8) is 0 Å². The van der Waals surface area contributed by atoms with E-state index in [0.29, 0.717) is 38.7 Å². The Kier molecular flexibility index (Phi) is 5.86. The molecule has 2 aromatic carbocycles. The van der Waals surface area contributed by atoms with Gasteiger partial charge in [0.25, 0.3) is 0 Å². The van der Waals surface area contributed by atoms with E-state index < -0.39 is 5.91 Å². The van der Waals surface area contributed by atoms with Gasteiger partial charge in [0.15, 0.2) is 0 Å². The molecular weight excluding hydrogens is 396 g/mol. The second-order valence-electron chi connectivity index (χ2n) is 6.43. The van der Waals surface area contributed by atoms with E-state index in [1.165, 1.54) is 4.90 Å². The van der Waals surface area contributed by atoms with Crippen LogP contribution >= 0.6 is 11.6 Å². The van der Waals surface area contributed by atoms with Crippen LogP contribution in [0, 0.1) is 0 Å². The van der Waals surface area contributed by atoms with Gasteiger partial charge in [0.05, 0.1) is 22.8 Å². The number of benzene rings is 2. The number of nitrogens with one attached hydrogen (secondary N) is 1. The van der Waals surface area contributed by atoms with E-state index in [2.05, 4.69) is 10.3 Å². The van der Waals surface area contributed by atoms with Gasteiger partial charge in [-0.25, -0.2) is 4.79 Å². The molecule has 29 heavy (non-hydrogen) atoms. The number of halogens is 1. The van der Waals surface area contributed by atoms with Gasteiger partial charge >= 0.3 is 6.03 Å². The summed E-state index contributed by atoms with van der Waals surface area (Å²) in [5, 5.41) is 13.0. The van der Waals surface area contributed by atoms with Crippen LogP contribution in [0.4, 0.5) is 10.5 Å². The highest BCUT2D eigenvalue weighted by Gasteiger charge is 2.14. The topological polar surface area (TPSA) is 118 Å². The van der Waals surface area contributed by atoms with Crippen LogP contribution in [0.25, 0.3) is 10.9 Å². The monoisotopic (exact) mass is 414 g/mol. The van der Waals surface area contributed by atoms with E-state index in [0.717, 1.165) is 0 Å². The van der Waals surface area contributed by atoms with E-state index in [1.54, 1.807) is 56.7 Å². The molecule has 1 aromatic heterocycles. The van der Waals surface area contributed by atoms with Crippen molar-refractivity contribution >= 4 is 40.1 Å². The summed E-state index contributed by atoms with van der Waals surface area (Å²) in [5.74, 6) is 0.204. The summed E-state index contributed by atoms with van der Waals surface area (Å²) in [6.45, 7) is -0.337. The van der Waals surface area contributed by atoms with E-state index in [9.17, 15) is 14.7 Å². The zero-order valence-corrected chi connectivity index (χ0v) is 16.5. The fourth-order valence-electron chi connectivity index (χ4n) is 2.67. The molecule has 0 unspecified atom stereocenters. The Morgan fingerprint density at radius 1 is 1.24 bits per heavy atom. The summed E-state index contributed by atoms with van der Waals surface area (Å²) in [7, 11) is 3.25. The second kappa shape index (κ2) is 8.34. The number of aromatic nitrogens is 1. The minimum absolute atomic E-state index is 0.192. The summed E-state index contributed by atoms with van der Waals surface area (Å²) < 4.78 is 5.93. The Labute approximate surface area is 171 Å². The van der Waals surface area contributed by atoms with Crippen LogP contribution in [-0.4, -0.2) is 41.0 Å². The first-order valence-corrected chi connectivity index (χ1v) is 8.96. The van der Waals surface area contributed by atoms with Crippen molar-refractivity contribution in [1.82, 2.24) is 9.88 Å². The fourth-order valence-corrected chi connectivity index (χ4v) is 2.89. The molecule has 0 spiro atoms. The van der Waals surface area contributed by atoms with Crippen molar-refractivity contribution in [2.24, 2.45) is 5.73 Å². The quantitative estimate of drug-likeness (QED) is 0.591. The van der Waals surface area contributed by atoms with Gasteiger partial charge in [-0.05, 0) is 35.9 Å². The summed E-state index contributed by atoms with van der Waals surface area (Å²) in [6, 6.07) is 9.31. The Balaban J connectivity index is 1.96. The number of rotatable bonds is 5. The van der Waals surface area contributed by atoms with Gasteiger partial charge in [0.2, 0.25) is 5.91 Å². The number of pyridine rings is 1. The van der Waals surface area contributed by atoms with Crippen molar-refractivity contribution in [3.8, 4) is 11.5 Å². The molecule has 0 atom stereocenters. The molecule has 150 valence electrons. The van der Waals surface area contributed by atoms with Gasteiger partial charge in [0, 0.05) is 37.3 Å². The van der Waals surface area contributed by atoms with Crippen LogP contribution in [0.1, 0.15) is 15.9 Å². The van der Waals surface area contributed by atoms with E-state index >= 15 is 0 Å². The van der Waals surface area contributed by atoms with Gasteiger partial charge < -0.3 is 25.8 Å². The van der Waals surface area contributed by atoms with Crippen molar-refractivity contribution in [1.29, 1.82) is 0 Å². The number of anilines is 1. The lowest BCUT2D eigenvalue weighted by Crippen LogP contribution is -2.27. The Morgan fingerprint density at radius 2 is 2.00 bits per heavy atom. The third-order valence-electron chi connectivity index (χ3n) is 4.18. The number of aliphatic hydroxyl groups is 1. The molecule has 0 radical (unpaired) electrons. The third kappa shape index (κ3) is 4.39. The highest BCUT2D eigenvalue weighted by molar-refractivity contribution is 6.33. The lowest BCUT2D eigenvalue weighted by Gasteiger charge is -2.14. The minimum Gasteiger partial charge on any atom is -0.457 e. The van der Waals surface area contributed by atoms with E-state index in [4.69, 9.17) is 22.1 Å². The summed E-state index contributed by atoms with van der Waals surface area (Å²) >= 11 is 6.25. The van der Waals surface area contributed by atoms with Crippen molar-refractivity contribution in [2.75, 3.05) is 19.4 Å². The van der Waals surface area contributed by atoms with Gasteiger partial charge in [-0.1, -0.05) is 11.6 Å². The van der Waals surface area contributed by atoms with Gasteiger partial charge in [-0.2, -0.15) is 0 Å². The zero-order valence-electron chi connectivity index (χ0n) is 15.8. The first-order valence-electron chi connectivity index (χ1n) is 8.58. The number of fused-ring (bicyclic) bond motifs is 1. The van der Waals surface area contributed by atoms with Crippen LogP contribution in [0.15, 0.2) is 42.6 Å². The molecule has 0 bridgehead atoms. The normalized spacial score (nSPS) is 10.6. The maximum absolute atomic E-state index is 11.8. The molecule has 0 saturated heterocycles. The smallest absolute Gasteiger partial charge is 0.321 e. The summed E-state index contributed by atoms with van der Waals surface area (Å²) in [4.78, 5) is 29.1. The van der Waals surface area contributed by atoms with E-state index in [-0.39, 0.29) is 18.2 Å². The largest absolute Gasteiger partial charge is 0.457 e. The van der Waals surface area contributed by atoms with Crippen molar-refractivity contribution < 1.29 is 19.4 Å².